The molecule has 6 heteroatoms. The van der Waals surface area contributed by atoms with Gasteiger partial charge < -0.3 is 5.32 Å². The van der Waals surface area contributed by atoms with Gasteiger partial charge in [0, 0.05) is 22.4 Å². The number of amides is 3. The fraction of sp³-hybridized carbons (Fsp3) is 0.0870. The van der Waals surface area contributed by atoms with Crippen LogP contribution in [0, 0.1) is 13.8 Å². The van der Waals surface area contributed by atoms with Crippen LogP contribution in [-0.4, -0.2) is 17.7 Å². The second-order valence-corrected chi connectivity index (χ2v) is 6.62. The van der Waals surface area contributed by atoms with E-state index < -0.39 is 11.8 Å². The Morgan fingerprint density at radius 2 is 1.34 bits per heavy atom. The molecule has 0 unspecified atom stereocenters. The first kappa shape index (κ1) is 19.8. The highest BCUT2D eigenvalue weighted by atomic mass is 16.2. The van der Waals surface area contributed by atoms with Crippen LogP contribution in [0.4, 0.5) is 5.69 Å². The van der Waals surface area contributed by atoms with Crippen molar-refractivity contribution < 1.29 is 14.4 Å². The van der Waals surface area contributed by atoms with E-state index in [0.717, 1.165) is 11.1 Å². The van der Waals surface area contributed by atoms with Gasteiger partial charge in [-0.25, -0.2) is 0 Å². The SMILES string of the molecule is Cc1cccc(C(=O)Nc2ccc(C(=O)NNC(=O)c3ccccc3C)cc2)c1. The standard InChI is InChI=1S/C23H21N3O3/c1-15-6-5-8-18(14-15)21(27)24-19-12-10-17(11-13-19)22(28)25-26-23(29)20-9-4-3-7-16(20)2/h3-14H,1-2H3,(H,24,27)(H,25,28)(H,26,29). The lowest BCUT2D eigenvalue weighted by Gasteiger charge is -2.10. The van der Waals surface area contributed by atoms with Crippen molar-refractivity contribution in [3.63, 3.8) is 0 Å². The first-order valence-corrected chi connectivity index (χ1v) is 9.08. The van der Waals surface area contributed by atoms with E-state index in [1.165, 1.54) is 0 Å². The van der Waals surface area contributed by atoms with Crippen molar-refractivity contribution >= 4 is 23.4 Å². The van der Waals surface area contributed by atoms with Crippen LogP contribution in [0.25, 0.3) is 0 Å². The van der Waals surface area contributed by atoms with Crippen molar-refractivity contribution in [1.29, 1.82) is 0 Å². The predicted molar refractivity (Wildman–Crippen MR) is 112 cm³/mol. The van der Waals surface area contributed by atoms with Crippen molar-refractivity contribution in [3.8, 4) is 0 Å². The van der Waals surface area contributed by atoms with Gasteiger partial charge in [0.2, 0.25) is 0 Å². The first-order valence-electron chi connectivity index (χ1n) is 9.08. The number of anilines is 1. The summed E-state index contributed by atoms with van der Waals surface area (Å²) in [7, 11) is 0. The Balaban J connectivity index is 1.58. The summed E-state index contributed by atoms with van der Waals surface area (Å²) in [5.41, 5.74) is 8.57. The maximum Gasteiger partial charge on any atom is 0.269 e. The molecule has 0 aromatic heterocycles. The fourth-order valence-electron chi connectivity index (χ4n) is 2.78. The first-order chi connectivity index (χ1) is 13.9. The number of aryl methyl sites for hydroxylation is 2. The molecule has 0 heterocycles. The van der Waals surface area contributed by atoms with Crippen LogP contribution in [0.3, 0.4) is 0 Å². The van der Waals surface area contributed by atoms with Crippen LogP contribution in [0.2, 0.25) is 0 Å². The zero-order valence-electron chi connectivity index (χ0n) is 16.2. The number of nitrogens with one attached hydrogen (secondary N) is 3. The number of rotatable bonds is 4. The number of benzene rings is 3. The third kappa shape index (κ3) is 5.07. The van der Waals surface area contributed by atoms with E-state index in [2.05, 4.69) is 16.2 Å². The lowest BCUT2D eigenvalue weighted by atomic mass is 10.1. The zero-order chi connectivity index (χ0) is 20.8. The van der Waals surface area contributed by atoms with Gasteiger partial charge in [-0.2, -0.15) is 0 Å². The van der Waals surface area contributed by atoms with Gasteiger partial charge in [0.1, 0.15) is 0 Å². The van der Waals surface area contributed by atoms with Gasteiger partial charge in [-0.15, -0.1) is 0 Å². The minimum absolute atomic E-state index is 0.226. The maximum absolute atomic E-state index is 12.3. The molecule has 6 nitrogen and oxygen atoms in total. The van der Waals surface area contributed by atoms with Gasteiger partial charge in [-0.3, -0.25) is 25.2 Å². The molecule has 146 valence electrons. The van der Waals surface area contributed by atoms with Crippen molar-refractivity contribution in [2.24, 2.45) is 0 Å². The van der Waals surface area contributed by atoms with Crippen molar-refractivity contribution in [2.45, 2.75) is 13.8 Å². The molecule has 0 aliphatic rings. The number of carbonyl (C=O) groups is 3. The molecule has 3 rings (SSSR count). The van der Waals surface area contributed by atoms with E-state index in [-0.39, 0.29) is 5.91 Å². The molecule has 3 amide bonds. The Hall–Kier alpha value is -3.93. The summed E-state index contributed by atoms with van der Waals surface area (Å²) in [5, 5.41) is 2.79. The highest BCUT2D eigenvalue weighted by Crippen LogP contribution is 2.12. The van der Waals surface area contributed by atoms with Crippen LogP contribution in [0.1, 0.15) is 42.2 Å². The Morgan fingerprint density at radius 3 is 2.03 bits per heavy atom. The molecular formula is C23H21N3O3. The topological polar surface area (TPSA) is 87.3 Å². The summed E-state index contributed by atoms with van der Waals surface area (Å²) < 4.78 is 0. The van der Waals surface area contributed by atoms with E-state index in [0.29, 0.717) is 22.4 Å². The normalized spacial score (nSPS) is 10.1. The van der Waals surface area contributed by atoms with Gasteiger partial charge in [0.15, 0.2) is 0 Å². The Morgan fingerprint density at radius 1 is 0.655 bits per heavy atom. The van der Waals surface area contributed by atoms with Crippen LogP contribution in [0.15, 0.2) is 72.8 Å². The zero-order valence-corrected chi connectivity index (χ0v) is 16.2. The van der Waals surface area contributed by atoms with Crippen molar-refractivity contribution in [2.75, 3.05) is 5.32 Å². The number of hydrogen-bond acceptors (Lipinski definition) is 3. The summed E-state index contributed by atoms with van der Waals surface area (Å²) in [5.74, 6) is -1.07. The molecule has 0 bridgehead atoms. The molecule has 0 saturated heterocycles. The van der Waals surface area contributed by atoms with E-state index in [4.69, 9.17) is 0 Å². The third-order valence-electron chi connectivity index (χ3n) is 4.36. The third-order valence-corrected chi connectivity index (χ3v) is 4.36. The smallest absolute Gasteiger partial charge is 0.269 e. The van der Waals surface area contributed by atoms with Gasteiger partial charge in [-0.05, 0) is 61.9 Å². The lowest BCUT2D eigenvalue weighted by molar-refractivity contribution is 0.0846. The monoisotopic (exact) mass is 387 g/mol. The van der Waals surface area contributed by atoms with Crippen LogP contribution in [-0.2, 0) is 0 Å². The second-order valence-electron chi connectivity index (χ2n) is 6.62. The van der Waals surface area contributed by atoms with Crippen LogP contribution < -0.4 is 16.2 Å². The molecule has 0 fully saturated rings. The van der Waals surface area contributed by atoms with E-state index in [1.54, 1.807) is 48.5 Å². The Labute approximate surface area is 168 Å². The second kappa shape index (κ2) is 8.84. The molecule has 0 radical (unpaired) electrons. The number of hydrogen-bond donors (Lipinski definition) is 3. The minimum atomic E-state index is -0.455. The van der Waals surface area contributed by atoms with E-state index >= 15 is 0 Å². The van der Waals surface area contributed by atoms with Gasteiger partial charge >= 0.3 is 0 Å². The molecule has 0 atom stereocenters. The average Bonchev–Trinajstić information content (AvgIpc) is 2.72. The van der Waals surface area contributed by atoms with Gasteiger partial charge in [0.05, 0.1) is 0 Å². The maximum atomic E-state index is 12.3. The number of hydrazine groups is 1. The van der Waals surface area contributed by atoms with Crippen LogP contribution in [0.5, 0.6) is 0 Å². The molecule has 29 heavy (non-hydrogen) atoms. The van der Waals surface area contributed by atoms with Gasteiger partial charge in [0.25, 0.3) is 17.7 Å². The molecule has 3 aromatic rings. The highest BCUT2D eigenvalue weighted by molar-refractivity contribution is 6.05. The van der Waals surface area contributed by atoms with E-state index in [9.17, 15) is 14.4 Å². The lowest BCUT2D eigenvalue weighted by Crippen LogP contribution is -2.41. The predicted octanol–water partition coefficient (Wildman–Crippen LogP) is 3.63. The molecule has 0 saturated carbocycles. The molecule has 0 aliphatic heterocycles. The largest absolute Gasteiger partial charge is 0.322 e. The summed E-state index contributed by atoms with van der Waals surface area (Å²) in [4.78, 5) is 36.7. The molecule has 3 N–H and O–H groups in total. The summed E-state index contributed by atoms with van der Waals surface area (Å²) in [6, 6.07) is 20.8. The summed E-state index contributed by atoms with van der Waals surface area (Å²) >= 11 is 0. The average molecular weight is 387 g/mol. The van der Waals surface area contributed by atoms with Gasteiger partial charge in [-0.1, -0.05) is 35.9 Å². The summed E-state index contributed by atoms with van der Waals surface area (Å²) in [6.07, 6.45) is 0. The molecule has 0 spiro atoms. The van der Waals surface area contributed by atoms with Crippen molar-refractivity contribution in [1.82, 2.24) is 10.9 Å². The van der Waals surface area contributed by atoms with E-state index in [1.807, 2.05) is 38.1 Å². The summed E-state index contributed by atoms with van der Waals surface area (Å²) in [6.45, 7) is 3.74. The Bertz CT molecular complexity index is 1060. The number of carbonyl (C=O) groups excluding carboxylic acids is 3. The fourth-order valence-corrected chi connectivity index (χ4v) is 2.78. The molecule has 3 aromatic carbocycles. The Kier molecular flexibility index (Phi) is 6.04. The van der Waals surface area contributed by atoms with Crippen molar-refractivity contribution in [3.05, 3.63) is 101 Å². The highest BCUT2D eigenvalue weighted by Gasteiger charge is 2.11. The molecule has 0 aliphatic carbocycles. The minimum Gasteiger partial charge on any atom is -0.322 e. The van der Waals surface area contributed by atoms with Crippen LogP contribution >= 0.6 is 0 Å². The molecular weight excluding hydrogens is 366 g/mol. The quantitative estimate of drug-likeness (QED) is 0.598.